The van der Waals surface area contributed by atoms with Gasteiger partial charge in [0.15, 0.2) is 5.01 Å². The second-order valence-electron chi connectivity index (χ2n) is 4.81. The molecule has 2 nitrogen and oxygen atoms in total. The summed E-state index contributed by atoms with van der Waals surface area (Å²) in [6.07, 6.45) is -1.45. The molecular formula is C13H12F3NOS2. The Morgan fingerprint density at radius 1 is 1.40 bits per heavy atom. The molecule has 20 heavy (non-hydrogen) atoms. The summed E-state index contributed by atoms with van der Waals surface area (Å²) in [5.74, 6) is -0.119. The number of aromatic nitrogens is 1. The molecule has 7 heteroatoms. The van der Waals surface area contributed by atoms with Gasteiger partial charge in [0.2, 0.25) is 0 Å². The highest BCUT2D eigenvalue weighted by Crippen LogP contribution is 2.44. The van der Waals surface area contributed by atoms with Crippen LogP contribution in [0.1, 0.15) is 45.2 Å². The summed E-state index contributed by atoms with van der Waals surface area (Å²) >= 11 is 2.18. The summed E-state index contributed by atoms with van der Waals surface area (Å²) in [7, 11) is 0. The number of hydrogen-bond acceptors (Lipinski definition) is 4. The Bertz CT molecular complexity index is 605. The Morgan fingerprint density at radius 2 is 2.20 bits per heavy atom. The highest BCUT2D eigenvalue weighted by atomic mass is 32.1. The van der Waals surface area contributed by atoms with Crippen LogP contribution in [-0.2, 0) is 12.6 Å². The Hall–Kier alpha value is -0.920. The van der Waals surface area contributed by atoms with Crippen molar-refractivity contribution in [1.29, 1.82) is 0 Å². The van der Waals surface area contributed by atoms with Crippen molar-refractivity contribution in [3.05, 3.63) is 38.0 Å². The third-order valence-electron chi connectivity index (χ3n) is 3.54. The lowest BCUT2D eigenvalue weighted by Gasteiger charge is -2.26. The molecule has 2 unspecified atom stereocenters. The lowest BCUT2D eigenvalue weighted by molar-refractivity contribution is -0.137. The quantitative estimate of drug-likeness (QED) is 0.891. The van der Waals surface area contributed by atoms with Crippen molar-refractivity contribution in [3.63, 3.8) is 0 Å². The normalized spacial score (nSPS) is 20.7. The van der Waals surface area contributed by atoms with Gasteiger partial charge in [-0.05, 0) is 36.3 Å². The van der Waals surface area contributed by atoms with Crippen LogP contribution in [0.2, 0.25) is 0 Å². The number of hydrogen-bond donors (Lipinski definition) is 1. The van der Waals surface area contributed by atoms with E-state index in [1.165, 1.54) is 4.88 Å². The molecule has 0 saturated heterocycles. The van der Waals surface area contributed by atoms with Gasteiger partial charge in [0.25, 0.3) is 0 Å². The maximum absolute atomic E-state index is 12.6. The smallest absolute Gasteiger partial charge is 0.387 e. The molecule has 0 aromatic carbocycles. The van der Waals surface area contributed by atoms with E-state index < -0.39 is 17.3 Å². The minimum absolute atomic E-state index is 0.119. The van der Waals surface area contributed by atoms with Crippen LogP contribution in [-0.4, -0.2) is 10.1 Å². The molecule has 2 atom stereocenters. The lowest BCUT2D eigenvalue weighted by atomic mass is 9.83. The number of aliphatic hydroxyl groups excluding tert-OH is 1. The SMILES string of the molecule is OC(c1cnc(C(F)(F)F)s1)C1CCCc2sccc21. The molecular weight excluding hydrogens is 307 g/mol. The molecule has 0 saturated carbocycles. The zero-order valence-electron chi connectivity index (χ0n) is 10.4. The molecule has 108 valence electrons. The topological polar surface area (TPSA) is 33.1 Å². The van der Waals surface area contributed by atoms with Crippen molar-refractivity contribution < 1.29 is 18.3 Å². The fourth-order valence-corrected chi connectivity index (χ4v) is 4.43. The highest BCUT2D eigenvalue weighted by Gasteiger charge is 2.36. The van der Waals surface area contributed by atoms with E-state index >= 15 is 0 Å². The summed E-state index contributed by atoms with van der Waals surface area (Å²) in [6, 6.07) is 1.97. The average Bonchev–Trinajstić information content (AvgIpc) is 3.05. The molecule has 0 amide bonds. The Labute approximate surface area is 121 Å². The molecule has 0 aliphatic heterocycles. The molecule has 0 radical (unpaired) electrons. The molecule has 2 heterocycles. The maximum atomic E-state index is 12.6. The number of thiophene rings is 1. The summed E-state index contributed by atoms with van der Waals surface area (Å²) in [5, 5.41) is 11.5. The van der Waals surface area contributed by atoms with E-state index in [0.717, 1.165) is 31.0 Å². The van der Waals surface area contributed by atoms with E-state index in [2.05, 4.69) is 4.98 Å². The van der Waals surface area contributed by atoms with E-state index in [-0.39, 0.29) is 5.92 Å². The Morgan fingerprint density at radius 3 is 2.90 bits per heavy atom. The van der Waals surface area contributed by atoms with Crippen LogP contribution in [0, 0.1) is 0 Å². The second-order valence-corrected chi connectivity index (χ2v) is 6.87. The zero-order chi connectivity index (χ0) is 14.3. The van der Waals surface area contributed by atoms with Gasteiger partial charge in [0.05, 0.1) is 11.0 Å². The highest BCUT2D eigenvalue weighted by molar-refractivity contribution is 7.11. The van der Waals surface area contributed by atoms with Gasteiger partial charge in [-0.15, -0.1) is 22.7 Å². The predicted octanol–water partition coefficient (Wildman–Crippen LogP) is 4.38. The first kappa shape index (κ1) is 14.0. The van der Waals surface area contributed by atoms with Crippen molar-refractivity contribution >= 4 is 22.7 Å². The minimum Gasteiger partial charge on any atom is -0.387 e. The maximum Gasteiger partial charge on any atom is 0.443 e. The van der Waals surface area contributed by atoms with Gasteiger partial charge in [-0.3, -0.25) is 0 Å². The predicted molar refractivity (Wildman–Crippen MR) is 72.1 cm³/mol. The van der Waals surface area contributed by atoms with Crippen molar-refractivity contribution in [1.82, 2.24) is 4.98 Å². The Balaban J connectivity index is 1.87. The number of fused-ring (bicyclic) bond motifs is 1. The molecule has 0 fully saturated rings. The largest absolute Gasteiger partial charge is 0.443 e. The fourth-order valence-electron chi connectivity index (χ4n) is 2.60. The first-order valence-corrected chi connectivity index (χ1v) is 7.93. The van der Waals surface area contributed by atoms with Gasteiger partial charge in [0.1, 0.15) is 0 Å². The van der Waals surface area contributed by atoms with E-state index in [0.29, 0.717) is 16.2 Å². The van der Waals surface area contributed by atoms with Crippen LogP contribution in [0.3, 0.4) is 0 Å². The number of alkyl halides is 3. The molecule has 2 aromatic heterocycles. The molecule has 1 aliphatic rings. The van der Waals surface area contributed by atoms with Crippen LogP contribution in [0.15, 0.2) is 17.6 Å². The third-order valence-corrected chi connectivity index (χ3v) is 5.65. The first-order chi connectivity index (χ1) is 9.47. The monoisotopic (exact) mass is 319 g/mol. The molecule has 0 spiro atoms. The molecule has 0 bridgehead atoms. The Kier molecular flexibility index (Phi) is 3.60. The number of rotatable bonds is 2. The summed E-state index contributed by atoms with van der Waals surface area (Å²) in [5.41, 5.74) is 1.08. The van der Waals surface area contributed by atoms with Gasteiger partial charge in [0, 0.05) is 17.0 Å². The van der Waals surface area contributed by atoms with Gasteiger partial charge in [-0.25, -0.2) is 4.98 Å². The van der Waals surface area contributed by atoms with Crippen LogP contribution in [0.25, 0.3) is 0 Å². The average molecular weight is 319 g/mol. The number of halogens is 3. The number of aryl methyl sites for hydroxylation is 1. The summed E-state index contributed by atoms with van der Waals surface area (Å²) in [6.45, 7) is 0. The van der Waals surface area contributed by atoms with Crippen LogP contribution in [0.4, 0.5) is 13.2 Å². The lowest BCUT2D eigenvalue weighted by Crippen LogP contribution is -2.14. The zero-order valence-corrected chi connectivity index (χ0v) is 12.0. The van der Waals surface area contributed by atoms with E-state index in [1.807, 2.05) is 11.4 Å². The first-order valence-electron chi connectivity index (χ1n) is 6.24. The summed E-state index contributed by atoms with van der Waals surface area (Å²) in [4.78, 5) is 4.91. The number of nitrogens with zero attached hydrogens (tertiary/aromatic N) is 1. The van der Waals surface area contributed by atoms with Gasteiger partial charge in [-0.1, -0.05) is 0 Å². The molecule has 2 aromatic rings. The number of aliphatic hydroxyl groups is 1. The minimum atomic E-state index is -4.44. The van der Waals surface area contributed by atoms with Crippen LogP contribution >= 0.6 is 22.7 Å². The van der Waals surface area contributed by atoms with Crippen molar-refractivity contribution in [2.75, 3.05) is 0 Å². The summed E-state index contributed by atoms with van der Waals surface area (Å²) < 4.78 is 37.7. The molecule has 1 aliphatic carbocycles. The second kappa shape index (κ2) is 5.13. The van der Waals surface area contributed by atoms with Crippen molar-refractivity contribution in [2.24, 2.45) is 0 Å². The number of thiazole rings is 1. The van der Waals surface area contributed by atoms with E-state index in [4.69, 9.17) is 0 Å². The fraction of sp³-hybridized carbons (Fsp3) is 0.462. The van der Waals surface area contributed by atoms with Gasteiger partial charge in [-0.2, -0.15) is 13.2 Å². The van der Waals surface area contributed by atoms with E-state index in [9.17, 15) is 18.3 Å². The molecule has 3 rings (SSSR count). The third kappa shape index (κ3) is 2.49. The van der Waals surface area contributed by atoms with Crippen molar-refractivity contribution in [3.8, 4) is 0 Å². The molecule has 1 N–H and O–H groups in total. The van der Waals surface area contributed by atoms with E-state index in [1.54, 1.807) is 11.3 Å². The van der Waals surface area contributed by atoms with Crippen molar-refractivity contribution in [2.45, 2.75) is 37.5 Å². The standard InChI is InChI=1S/C13H12F3NOS2/c14-13(15,16)12-17-6-10(20-12)11(18)8-2-1-3-9-7(8)4-5-19-9/h4-6,8,11,18H,1-3H2. The van der Waals surface area contributed by atoms with Crippen LogP contribution < -0.4 is 0 Å². The van der Waals surface area contributed by atoms with Crippen LogP contribution in [0.5, 0.6) is 0 Å². The van der Waals surface area contributed by atoms with Gasteiger partial charge < -0.3 is 5.11 Å². The van der Waals surface area contributed by atoms with Gasteiger partial charge >= 0.3 is 6.18 Å².